The van der Waals surface area contributed by atoms with Gasteiger partial charge in [-0.1, -0.05) is 0 Å². The average molecular weight is 238 g/mol. The lowest BCUT2D eigenvalue weighted by Gasteiger charge is -2.06. The summed E-state index contributed by atoms with van der Waals surface area (Å²) >= 11 is 1.87. The number of hydrogen-bond acceptors (Lipinski definition) is 3. The summed E-state index contributed by atoms with van der Waals surface area (Å²) in [6, 6.07) is 7.25. The zero-order valence-electron chi connectivity index (χ0n) is 9.53. The highest BCUT2D eigenvalue weighted by Crippen LogP contribution is 2.09. The first-order chi connectivity index (χ1) is 7.74. The molecule has 0 atom stereocenters. The fraction of sp³-hybridized carbons (Fsp3) is 0.417. The van der Waals surface area contributed by atoms with Crippen LogP contribution in [0.1, 0.15) is 23.2 Å². The highest BCUT2D eigenvalue weighted by Gasteiger charge is 1.98. The Balaban J connectivity index is 2.29. The highest BCUT2D eigenvalue weighted by atomic mass is 32.2. The Hall–Kier alpha value is -1.16. The van der Waals surface area contributed by atoms with Crippen LogP contribution in [-0.4, -0.2) is 24.5 Å². The Kier molecular flexibility index (Phi) is 5.78. The van der Waals surface area contributed by atoms with Crippen molar-refractivity contribution in [2.75, 3.05) is 23.9 Å². The van der Waals surface area contributed by atoms with Gasteiger partial charge in [0.25, 0.3) is 0 Å². The van der Waals surface area contributed by atoms with Gasteiger partial charge in [0.15, 0.2) is 0 Å². The maximum atomic E-state index is 10.8. The molecular formula is C12H18N2OS. The van der Waals surface area contributed by atoms with E-state index in [-0.39, 0.29) is 5.91 Å². The number of thioether (sulfide) groups is 1. The van der Waals surface area contributed by atoms with Gasteiger partial charge < -0.3 is 11.1 Å². The largest absolute Gasteiger partial charge is 0.385 e. The van der Waals surface area contributed by atoms with E-state index in [2.05, 4.69) is 11.6 Å². The number of nitrogens with one attached hydrogen (secondary N) is 1. The van der Waals surface area contributed by atoms with Crippen molar-refractivity contribution >= 4 is 23.4 Å². The maximum absolute atomic E-state index is 10.8. The van der Waals surface area contributed by atoms with Crippen LogP contribution in [0.2, 0.25) is 0 Å². The molecule has 0 aliphatic rings. The number of anilines is 1. The van der Waals surface area contributed by atoms with Gasteiger partial charge in [0.2, 0.25) is 5.91 Å². The van der Waals surface area contributed by atoms with Crippen LogP contribution in [-0.2, 0) is 0 Å². The van der Waals surface area contributed by atoms with Crippen molar-refractivity contribution in [1.29, 1.82) is 0 Å². The molecule has 4 heteroatoms. The molecule has 0 saturated carbocycles. The molecule has 0 radical (unpaired) electrons. The highest BCUT2D eigenvalue weighted by molar-refractivity contribution is 7.98. The minimum absolute atomic E-state index is 0.383. The summed E-state index contributed by atoms with van der Waals surface area (Å²) in [5.74, 6) is 0.828. The average Bonchev–Trinajstić information content (AvgIpc) is 2.29. The van der Waals surface area contributed by atoms with Gasteiger partial charge in [-0.25, -0.2) is 0 Å². The molecule has 0 aliphatic heterocycles. The van der Waals surface area contributed by atoms with Crippen molar-refractivity contribution in [3.05, 3.63) is 29.8 Å². The van der Waals surface area contributed by atoms with Gasteiger partial charge in [-0.15, -0.1) is 0 Å². The number of hydrogen-bond donors (Lipinski definition) is 2. The molecule has 1 rings (SSSR count). The fourth-order valence-corrected chi connectivity index (χ4v) is 1.85. The summed E-state index contributed by atoms with van der Waals surface area (Å²) < 4.78 is 0. The quantitative estimate of drug-likeness (QED) is 0.717. The van der Waals surface area contributed by atoms with Gasteiger partial charge >= 0.3 is 0 Å². The first kappa shape index (κ1) is 12.9. The first-order valence-corrected chi connectivity index (χ1v) is 6.76. The van der Waals surface area contributed by atoms with E-state index >= 15 is 0 Å². The summed E-state index contributed by atoms with van der Waals surface area (Å²) in [6.45, 7) is 0.969. The molecule has 0 unspecified atom stereocenters. The predicted octanol–water partition coefficient (Wildman–Crippen LogP) is 2.34. The topological polar surface area (TPSA) is 55.1 Å². The van der Waals surface area contributed by atoms with Crippen LogP contribution >= 0.6 is 11.8 Å². The van der Waals surface area contributed by atoms with Gasteiger partial charge in [-0.3, -0.25) is 4.79 Å². The third-order valence-electron chi connectivity index (χ3n) is 2.27. The Morgan fingerprint density at radius 2 is 2.00 bits per heavy atom. The Morgan fingerprint density at radius 1 is 1.31 bits per heavy atom. The molecule has 0 spiro atoms. The lowest BCUT2D eigenvalue weighted by molar-refractivity contribution is 0.100. The fourth-order valence-electron chi connectivity index (χ4n) is 1.36. The molecule has 0 bridgehead atoms. The Morgan fingerprint density at radius 3 is 2.56 bits per heavy atom. The van der Waals surface area contributed by atoms with E-state index in [4.69, 9.17) is 5.73 Å². The minimum Gasteiger partial charge on any atom is -0.385 e. The second-order valence-electron chi connectivity index (χ2n) is 3.57. The van der Waals surface area contributed by atoms with Crippen molar-refractivity contribution in [2.24, 2.45) is 5.73 Å². The van der Waals surface area contributed by atoms with Crippen molar-refractivity contribution < 1.29 is 4.79 Å². The number of benzene rings is 1. The SMILES string of the molecule is CSCCCCNc1ccc(C(N)=O)cc1. The number of primary amides is 1. The van der Waals surface area contributed by atoms with Gasteiger partial charge in [0, 0.05) is 17.8 Å². The van der Waals surface area contributed by atoms with E-state index in [1.807, 2.05) is 23.9 Å². The van der Waals surface area contributed by atoms with Crippen LogP contribution in [0.3, 0.4) is 0 Å². The molecule has 0 aromatic heterocycles. The van der Waals surface area contributed by atoms with Gasteiger partial charge in [0.1, 0.15) is 0 Å². The first-order valence-electron chi connectivity index (χ1n) is 5.36. The van der Waals surface area contributed by atoms with E-state index in [1.54, 1.807) is 12.1 Å². The Labute approximate surface area is 101 Å². The van der Waals surface area contributed by atoms with Gasteiger partial charge in [-0.05, 0) is 49.1 Å². The van der Waals surface area contributed by atoms with Crippen molar-refractivity contribution in [3.8, 4) is 0 Å². The number of rotatable bonds is 7. The maximum Gasteiger partial charge on any atom is 0.248 e. The number of carbonyl (C=O) groups excluding carboxylic acids is 1. The van der Waals surface area contributed by atoms with E-state index in [1.165, 1.54) is 18.6 Å². The zero-order valence-corrected chi connectivity index (χ0v) is 10.3. The van der Waals surface area contributed by atoms with Crippen LogP contribution in [0.15, 0.2) is 24.3 Å². The van der Waals surface area contributed by atoms with Crippen LogP contribution in [0.4, 0.5) is 5.69 Å². The summed E-state index contributed by atoms with van der Waals surface area (Å²) in [5.41, 5.74) is 6.74. The second-order valence-corrected chi connectivity index (χ2v) is 4.55. The summed E-state index contributed by atoms with van der Waals surface area (Å²) in [6.07, 6.45) is 4.52. The van der Waals surface area contributed by atoms with Crippen molar-refractivity contribution in [1.82, 2.24) is 0 Å². The lowest BCUT2D eigenvalue weighted by atomic mass is 10.2. The second kappa shape index (κ2) is 7.17. The third-order valence-corrected chi connectivity index (χ3v) is 2.97. The van der Waals surface area contributed by atoms with Crippen molar-refractivity contribution in [3.63, 3.8) is 0 Å². The van der Waals surface area contributed by atoms with E-state index < -0.39 is 0 Å². The molecule has 0 aliphatic carbocycles. The molecule has 3 N–H and O–H groups in total. The summed E-state index contributed by atoms with van der Waals surface area (Å²) in [5, 5.41) is 3.31. The third kappa shape index (κ3) is 4.57. The minimum atomic E-state index is -0.383. The molecule has 3 nitrogen and oxygen atoms in total. The van der Waals surface area contributed by atoms with Crippen LogP contribution in [0.5, 0.6) is 0 Å². The van der Waals surface area contributed by atoms with E-state index in [9.17, 15) is 4.79 Å². The predicted molar refractivity (Wildman–Crippen MR) is 71.1 cm³/mol. The molecule has 16 heavy (non-hydrogen) atoms. The molecule has 0 heterocycles. The number of amides is 1. The van der Waals surface area contributed by atoms with Crippen LogP contribution in [0, 0.1) is 0 Å². The molecular weight excluding hydrogens is 220 g/mol. The number of unbranched alkanes of at least 4 members (excludes halogenated alkanes) is 1. The molecule has 1 amide bonds. The molecule has 1 aromatic carbocycles. The number of nitrogens with two attached hydrogens (primary N) is 1. The van der Waals surface area contributed by atoms with Crippen molar-refractivity contribution in [2.45, 2.75) is 12.8 Å². The molecule has 0 fully saturated rings. The van der Waals surface area contributed by atoms with Crippen LogP contribution < -0.4 is 11.1 Å². The monoisotopic (exact) mass is 238 g/mol. The smallest absolute Gasteiger partial charge is 0.248 e. The van der Waals surface area contributed by atoms with Gasteiger partial charge in [0.05, 0.1) is 0 Å². The molecule has 88 valence electrons. The normalized spacial score (nSPS) is 10.1. The molecule has 1 aromatic rings. The lowest BCUT2D eigenvalue weighted by Crippen LogP contribution is -2.10. The van der Waals surface area contributed by atoms with E-state index in [0.717, 1.165) is 12.2 Å². The standard InChI is InChI=1S/C12H18N2OS/c1-16-9-3-2-8-14-11-6-4-10(5-7-11)12(13)15/h4-7,14H,2-3,8-9H2,1H3,(H2,13,15). The van der Waals surface area contributed by atoms with Gasteiger partial charge in [-0.2, -0.15) is 11.8 Å². The molecule has 0 saturated heterocycles. The van der Waals surface area contributed by atoms with E-state index in [0.29, 0.717) is 5.56 Å². The van der Waals surface area contributed by atoms with Crippen LogP contribution in [0.25, 0.3) is 0 Å². The number of carbonyl (C=O) groups is 1. The summed E-state index contributed by atoms with van der Waals surface area (Å²) in [4.78, 5) is 10.8. The Bertz CT molecular complexity index is 324. The zero-order chi connectivity index (χ0) is 11.8. The summed E-state index contributed by atoms with van der Waals surface area (Å²) in [7, 11) is 0.